The van der Waals surface area contributed by atoms with E-state index < -0.39 is 0 Å². The number of ether oxygens (including phenoxy) is 2. The molecule has 0 atom stereocenters. The average molecular weight is 507 g/mol. The molecule has 2 aromatic carbocycles. The van der Waals surface area contributed by atoms with Gasteiger partial charge in [-0.25, -0.2) is 0 Å². The molecule has 0 aliphatic rings. The summed E-state index contributed by atoms with van der Waals surface area (Å²) in [4.78, 5) is 13.3. The lowest BCUT2D eigenvalue weighted by Gasteiger charge is -2.16. The fourth-order valence-electron chi connectivity index (χ4n) is 2.65. The Morgan fingerprint density at radius 1 is 1.23 bits per heavy atom. The first-order chi connectivity index (χ1) is 14.7. The molecule has 0 spiro atoms. The van der Waals surface area contributed by atoms with Gasteiger partial charge in [0, 0.05) is 19.8 Å². The maximum atomic E-state index is 11.8. The molecule has 31 heavy (non-hydrogen) atoms. The number of hydrogen-bond donors (Lipinski definition) is 2. The fourth-order valence-corrected chi connectivity index (χ4v) is 3.38. The van der Waals surface area contributed by atoms with Crippen LogP contribution in [-0.2, 0) is 4.79 Å². The SMILES string of the molecule is CCOc1cc(/C=N/NC(=S)Nc2c(C)cccc2C)cc(Br)c1OCC(=O)N(C)C. The van der Waals surface area contributed by atoms with E-state index in [1.54, 1.807) is 26.4 Å². The molecular weight excluding hydrogens is 480 g/mol. The molecule has 0 aliphatic heterocycles. The Kier molecular flexibility index (Phi) is 9.26. The molecule has 2 N–H and O–H groups in total. The third-order valence-corrected chi connectivity index (χ3v) is 5.05. The highest BCUT2D eigenvalue weighted by Gasteiger charge is 2.14. The quantitative estimate of drug-likeness (QED) is 0.316. The van der Waals surface area contributed by atoms with Crippen LogP contribution in [0.4, 0.5) is 5.69 Å². The molecule has 0 radical (unpaired) electrons. The number of anilines is 1. The minimum atomic E-state index is -0.144. The van der Waals surface area contributed by atoms with Gasteiger partial charge >= 0.3 is 0 Å². The third-order valence-electron chi connectivity index (χ3n) is 4.27. The van der Waals surface area contributed by atoms with E-state index in [-0.39, 0.29) is 12.5 Å². The second kappa shape index (κ2) is 11.7. The number of amides is 1. The first kappa shape index (κ1) is 24.6. The maximum absolute atomic E-state index is 11.8. The number of para-hydroxylation sites is 1. The Bertz CT molecular complexity index is 959. The van der Waals surface area contributed by atoms with Gasteiger partial charge in [0.1, 0.15) is 0 Å². The summed E-state index contributed by atoms with van der Waals surface area (Å²) >= 11 is 8.82. The zero-order valence-corrected chi connectivity index (χ0v) is 20.7. The van der Waals surface area contributed by atoms with Crippen LogP contribution in [0.1, 0.15) is 23.6 Å². The number of carbonyl (C=O) groups excluding carboxylic acids is 1. The number of hydrogen-bond acceptors (Lipinski definition) is 5. The van der Waals surface area contributed by atoms with Gasteiger partial charge in [-0.3, -0.25) is 10.2 Å². The van der Waals surface area contributed by atoms with Crippen molar-refractivity contribution >= 4 is 51.1 Å². The summed E-state index contributed by atoms with van der Waals surface area (Å²) in [6.45, 7) is 6.28. The number of aryl methyl sites for hydroxylation is 2. The van der Waals surface area contributed by atoms with Crippen LogP contribution in [-0.4, -0.2) is 49.4 Å². The summed E-state index contributed by atoms with van der Waals surface area (Å²) in [5.74, 6) is 0.838. The van der Waals surface area contributed by atoms with Crippen LogP contribution in [0.25, 0.3) is 0 Å². The number of thiocarbonyl (C=S) groups is 1. The van der Waals surface area contributed by atoms with Crippen LogP contribution in [0, 0.1) is 13.8 Å². The molecule has 0 bridgehead atoms. The van der Waals surface area contributed by atoms with E-state index in [2.05, 4.69) is 31.8 Å². The standard InChI is InChI=1S/C22H27BrN4O3S/c1-6-29-18-11-16(10-17(23)21(18)30-13-19(28)27(4)5)12-24-26-22(31)25-20-14(2)8-7-9-15(20)3/h7-12H,6,13H2,1-5H3,(H2,25,26,31)/b24-12+. The highest BCUT2D eigenvalue weighted by molar-refractivity contribution is 9.10. The Morgan fingerprint density at radius 2 is 1.90 bits per heavy atom. The number of nitrogens with one attached hydrogen (secondary N) is 2. The normalized spacial score (nSPS) is 10.6. The molecule has 0 heterocycles. The molecular formula is C22H27BrN4O3S. The Labute approximate surface area is 196 Å². The topological polar surface area (TPSA) is 75.2 Å². The lowest BCUT2D eigenvalue weighted by atomic mass is 10.1. The van der Waals surface area contributed by atoms with E-state index in [1.807, 2.05) is 45.0 Å². The number of hydrazone groups is 1. The van der Waals surface area contributed by atoms with E-state index in [0.29, 0.717) is 27.7 Å². The van der Waals surface area contributed by atoms with Gasteiger partial charge in [-0.15, -0.1) is 0 Å². The van der Waals surface area contributed by atoms with Gasteiger partial charge in [0.25, 0.3) is 5.91 Å². The van der Waals surface area contributed by atoms with Gasteiger partial charge in [-0.2, -0.15) is 5.10 Å². The maximum Gasteiger partial charge on any atom is 0.259 e. The Balaban J connectivity index is 2.09. The number of carbonyl (C=O) groups is 1. The van der Waals surface area contributed by atoms with Gasteiger partial charge < -0.3 is 19.7 Å². The Morgan fingerprint density at radius 3 is 2.52 bits per heavy atom. The van der Waals surface area contributed by atoms with E-state index in [4.69, 9.17) is 21.7 Å². The van der Waals surface area contributed by atoms with Crippen LogP contribution in [0.3, 0.4) is 0 Å². The third kappa shape index (κ3) is 7.22. The first-order valence-corrected chi connectivity index (χ1v) is 10.9. The molecule has 0 saturated heterocycles. The van der Waals surface area contributed by atoms with Crippen molar-refractivity contribution in [3.8, 4) is 11.5 Å². The molecule has 166 valence electrons. The minimum Gasteiger partial charge on any atom is -0.490 e. The van der Waals surface area contributed by atoms with E-state index in [1.165, 1.54) is 4.90 Å². The Hall–Kier alpha value is -2.65. The van der Waals surface area contributed by atoms with Gasteiger partial charge in [-0.05, 0) is 77.7 Å². The minimum absolute atomic E-state index is 0.0844. The highest BCUT2D eigenvalue weighted by atomic mass is 79.9. The fraction of sp³-hybridized carbons (Fsp3) is 0.318. The predicted molar refractivity (Wildman–Crippen MR) is 132 cm³/mol. The summed E-state index contributed by atoms with van der Waals surface area (Å²) in [6.07, 6.45) is 1.63. The van der Waals surface area contributed by atoms with Gasteiger partial charge in [0.15, 0.2) is 23.2 Å². The number of rotatable bonds is 8. The average Bonchev–Trinajstić information content (AvgIpc) is 2.70. The van der Waals surface area contributed by atoms with Crippen molar-refractivity contribution in [2.75, 3.05) is 32.6 Å². The number of benzene rings is 2. The molecule has 9 heteroatoms. The van der Waals surface area contributed by atoms with Crippen LogP contribution >= 0.6 is 28.1 Å². The van der Waals surface area contributed by atoms with Gasteiger partial charge in [0.05, 0.1) is 17.3 Å². The molecule has 2 aromatic rings. The van der Waals surface area contributed by atoms with Crippen molar-refractivity contribution in [1.82, 2.24) is 10.3 Å². The predicted octanol–water partition coefficient (Wildman–Crippen LogP) is 4.25. The second-order valence-corrected chi connectivity index (χ2v) is 8.19. The van der Waals surface area contributed by atoms with Crippen molar-refractivity contribution in [2.45, 2.75) is 20.8 Å². The number of likely N-dealkylation sites (N-methyl/N-ethyl adjacent to an activating group) is 1. The molecule has 0 fully saturated rings. The van der Waals surface area contributed by atoms with Crippen molar-refractivity contribution in [1.29, 1.82) is 0 Å². The molecule has 2 rings (SSSR count). The zero-order chi connectivity index (χ0) is 23.0. The zero-order valence-electron chi connectivity index (χ0n) is 18.3. The first-order valence-electron chi connectivity index (χ1n) is 9.68. The summed E-state index contributed by atoms with van der Waals surface area (Å²) < 4.78 is 12.0. The molecule has 1 amide bonds. The van der Waals surface area contributed by atoms with Crippen LogP contribution in [0.5, 0.6) is 11.5 Å². The lowest BCUT2D eigenvalue weighted by Crippen LogP contribution is -2.27. The van der Waals surface area contributed by atoms with E-state index in [9.17, 15) is 4.79 Å². The van der Waals surface area contributed by atoms with Crippen molar-refractivity contribution in [2.24, 2.45) is 5.10 Å². The van der Waals surface area contributed by atoms with Crippen molar-refractivity contribution in [3.05, 3.63) is 51.5 Å². The summed E-state index contributed by atoms with van der Waals surface area (Å²) in [5, 5.41) is 7.77. The summed E-state index contributed by atoms with van der Waals surface area (Å²) in [6, 6.07) is 9.65. The van der Waals surface area contributed by atoms with Crippen molar-refractivity contribution in [3.63, 3.8) is 0 Å². The highest BCUT2D eigenvalue weighted by Crippen LogP contribution is 2.36. The molecule has 0 aromatic heterocycles. The second-order valence-electron chi connectivity index (χ2n) is 6.93. The molecule has 0 aliphatic carbocycles. The molecule has 0 saturated carbocycles. The largest absolute Gasteiger partial charge is 0.490 e. The lowest BCUT2D eigenvalue weighted by molar-refractivity contribution is -0.130. The van der Waals surface area contributed by atoms with E-state index in [0.717, 1.165) is 22.4 Å². The number of nitrogens with zero attached hydrogens (tertiary/aromatic N) is 2. The number of halogens is 1. The molecule has 7 nitrogen and oxygen atoms in total. The van der Waals surface area contributed by atoms with Crippen LogP contribution in [0.2, 0.25) is 0 Å². The van der Waals surface area contributed by atoms with Crippen LogP contribution in [0.15, 0.2) is 39.9 Å². The van der Waals surface area contributed by atoms with Crippen molar-refractivity contribution < 1.29 is 14.3 Å². The van der Waals surface area contributed by atoms with Crippen LogP contribution < -0.4 is 20.2 Å². The monoisotopic (exact) mass is 506 g/mol. The van der Waals surface area contributed by atoms with Gasteiger partial charge in [0.2, 0.25) is 0 Å². The smallest absolute Gasteiger partial charge is 0.259 e. The van der Waals surface area contributed by atoms with E-state index >= 15 is 0 Å². The summed E-state index contributed by atoms with van der Waals surface area (Å²) in [5.41, 5.74) is 6.75. The summed E-state index contributed by atoms with van der Waals surface area (Å²) in [7, 11) is 3.35. The molecule has 0 unspecified atom stereocenters. The van der Waals surface area contributed by atoms with Gasteiger partial charge in [-0.1, -0.05) is 18.2 Å².